The lowest BCUT2D eigenvalue weighted by Gasteiger charge is -2.19. The van der Waals surface area contributed by atoms with Crippen LogP contribution in [0.4, 0.5) is 0 Å². The molecule has 1 aromatic heterocycles. The maximum atomic E-state index is 12.6. The Balaban J connectivity index is 1.40. The van der Waals surface area contributed by atoms with Crippen LogP contribution >= 0.6 is 11.3 Å². The van der Waals surface area contributed by atoms with Crippen LogP contribution in [0, 0.1) is 12.8 Å². The second-order valence-corrected chi connectivity index (χ2v) is 7.88. The molecule has 3 atom stereocenters. The van der Waals surface area contributed by atoms with Crippen molar-refractivity contribution in [3.63, 3.8) is 0 Å². The number of nitrogens with one attached hydrogen (secondary N) is 1. The predicted molar refractivity (Wildman–Crippen MR) is 98.6 cm³/mol. The molecule has 0 spiro atoms. The zero-order valence-electron chi connectivity index (χ0n) is 15.0. The maximum absolute atomic E-state index is 12.6. The number of fused-ring (bicyclic) bond motifs is 1. The van der Waals surface area contributed by atoms with Gasteiger partial charge in [0.2, 0.25) is 5.91 Å². The van der Waals surface area contributed by atoms with Crippen molar-refractivity contribution >= 4 is 23.2 Å². The zero-order valence-corrected chi connectivity index (χ0v) is 15.8. The minimum absolute atomic E-state index is 0.0351. The molecule has 0 bridgehead atoms. The van der Waals surface area contributed by atoms with E-state index < -0.39 is 5.97 Å². The topological polar surface area (TPSA) is 97.8 Å². The molecule has 27 heavy (non-hydrogen) atoms. The van der Waals surface area contributed by atoms with Crippen molar-refractivity contribution in [3.8, 4) is 11.5 Å². The molecule has 2 aromatic rings. The number of thiazole rings is 1. The van der Waals surface area contributed by atoms with Gasteiger partial charge in [0.25, 0.3) is 0 Å². The highest BCUT2D eigenvalue weighted by molar-refractivity contribution is 7.13. The average molecular weight is 388 g/mol. The largest absolute Gasteiger partial charge is 0.486 e. The number of benzene rings is 1. The first-order valence-electron chi connectivity index (χ1n) is 8.84. The van der Waals surface area contributed by atoms with E-state index in [4.69, 9.17) is 14.6 Å². The molecule has 1 aliphatic carbocycles. The van der Waals surface area contributed by atoms with Gasteiger partial charge in [-0.05, 0) is 43.9 Å². The maximum Gasteiger partial charge on any atom is 0.347 e. The standard InChI is InChI=1S/C19H20N2O5S/c1-9-16(19(23)24)27-18(21-9)10(2)20-17(22)13-8-12(13)11-3-4-14-15(7-11)26-6-5-25-14/h3-4,7,10,12-13H,5-6,8H2,1-2H3,(H,20,22)(H,23,24). The Hall–Kier alpha value is -2.61. The normalized spacial score (nSPS) is 21.4. The summed E-state index contributed by atoms with van der Waals surface area (Å²) >= 11 is 1.11. The third-order valence-corrected chi connectivity index (χ3v) is 6.19. The lowest BCUT2D eigenvalue weighted by atomic mass is 10.1. The van der Waals surface area contributed by atoms with E-state index in [1.807, 2.05) is 25.1 Å². The molecule has 4 rings (SSSR count). The van der Waals surface area contributed by atoms with Crippen molar-refractivity contribution in [2.45, 2.75) is 32.2 Å². The number of aromatic nitrogens is 1. The Morgan fingerprint density at radius 3 is 2.74 bits per heavy atom. The number of carbonyl (C=O) groups excluding carboxylic acids is 1. The molecule has 1 aromatic carbocycles. The number of carboxylic acids is 1. The third kappa shape index (κ3) is 3.49. The van der Waals surface area contributed by atoms with Crippen molar-refractivity contribution in [2.75, 3.05) is 13.2 Å². The Kier molecular flexibility index (Phi) is 4.51. The van der Waals surface area contributed by atoms with Crippen LogP contribution in [0.3, 0.4) is 0 Å². The highest BCUT2D eigenvalue weighted by atomic mass is 32.1. The van der Waals surface area contributed by atoms with Crippen molar-refractivity contribution in [2.24, 2.45) is 5.92 Å². The van der Waals surface area contributed by atoms with Gasteiger partial charge in [0.15, 0.2) is 11.5 Å². The number of nitrogens with zero attached hydrogens (tertiary/aromatic N) is 1. The van der Waals surface area contributed by atoms with Gasteiger partial charge in [-0.25, -0.2) is 9.78 Å². The number of carboxylic acid groups (broad SMARTS) is 1. The number of hydrogen-bond acceptors (Lipinski definition) is 6. The van der Waals surface area contributed by atoms with Crippen LogP contribution in [0.1, 0.15) is 51.2 Å². The smallest absolute Gasteiger partial charge is 0.347 e. The molecule has 2 N–H and O–H groups in total. The second kappa shape index (κ2) is 6.84. The number of amides is 1. The van der Waals surface area contributed by atoms with E-state index in [2.05, 4.69) is 10.3 Å². The van der Waals surface area contributed by atoms with E-state index in [-0.39, 0.29) is 28.7 Å². The summed E-state index contributed by atoms with van der Waals surface area (Å²) in [6, 6.07) is 5.51. The summed E-state index contributed by atoms with van der Waals surface area (Å²) in [4.78, 5) is 28.2. The number of carbonyl (C=O) groups is 2. The van der Waals surface area contributed by atoms with Crippen LogP contribution in [0.5, 0.6) is 11.5 Å². The average Bonchev–Trinajstić information content (AvgIpc) is 3.36. The number of hydrogen-bond donors (Lipinski definition) is 2. The van der Waals surface area contributed by atoms with Gasteiger partial charge >= 0.3 is 5.97 Å². The Bertz CT molecular complexity index is 910. The van der Waals surface area contributed by atoms with E-state index in [1.165, 1.54) is 0 Å². The van der Waals surface area contributed by atoms with E-state index in [1.54, 1.807) is 6.92 Å². The molecule has 3 unspecified atom stereocenters. The molecule has 2 heterocycles. The van der Waals surface area contributed by atoms with Crippen LogP contribution in [0.15, 0.2) is 18.2 Å². The summed E-state index contributed by atoms with van der Waals surface area (Å²) in [7, 11) is 0. The Morgan fingerprint density at radius 2 is 2.04 bits per heavy atom. The summed E-state index contributed by atoms with van der Waals surface area (Å²) in [6.07, 6.45) is 0.787. The van der Waals surface area contributed by atoms with Gasteiger partial charge in [-0.2, -0.15) is 0 Å². The SMILES string of the molecule is Cc1nc(C(C)NC(=O)C2CC2c2ccc3c(c2)OCCO3)sc1C(=O)O. The molecule has 8 heteroatoms. The highest BCUT2D eigenvalue weighted by Gasteiger charge is 2.44. The lowest BCUT2D eigenvalue weighted by molar-refractivity contribution is -0.123. The van der Waals surface area contributed by atoms with E-state index in [0.29, 0.717) is 23.9 Å². The number of ether oxygens (including phenoxy) is 2. The lowest BCUT2D eigenvalue weighted by Crippen LogP contribution is -2.28. The van der Waals surface area contributed by atoms with Crippen molar-refractivity contribution in [3.05, 3.63) is 39.3 Å². The fourth-order valence-corrected chi connectivity index (χ4v) is 4.23. The first kappa shape index (κ1) is 17.8. The van der Waals surface area contributed by atoms with Crippen LogP contribution in [-0.2, 0) is 4.79 Å². The summed E-state index contributed by atoms with van der Waals surface area (Å²) in [5.41, 5.74) is 1.55. The molecule has 1 amide bonds. The molecule has 142 valence electrons. The molecule has 0 radical (unpaired) electrons. The monoisotopic (exact) mass is 388 g/mol. The Morgan fingerprint density at radius 1 is 1.30 bits per heavy atom. The van der Waals surface area contributed by atoms with Gasteiger partial charge in [-0.3, -0.25) is 4.79 Å². The minimum Gasteiger partial charge on any atom is -0.486 e. The first-order chi connectivity index (χ1) is 12.9. The zero-order chi connectivity index (χ0) is 19.1. The predicted octanol–water partition coefficient (Wildman–Crippen LogP) is 2.90. The van der Waals surface area contributed by atoms with E-state index in [0.717, 1.165) is 34.8 Å². The number of rotatable bonds is 5. The summed E-state index contributed by atoms with van der Waals surface area (Å²) in [6.45, 7) is 4.58. The summed E-state index contributed by atoms with van der Waals surface area (Å²) in [5.74, 6) is 0.532. The fraction of sp³-hybridized carbons (Fsp3) is 0.421. The van der Waals surface area contributed by atoms with Crippen LogP contribution < -0.4 is 14.8 Å². The van der Waals surface area contributed by atoms with Crippen LogP contribution in [0.25, 0.3) is 0 Å². The molecule has 1 fully saturated rings. The molecule has 7 nitrogen and oxygen atoms in total. The van der Waals surface area contributed by atoms with Crippen molar-refractivity contribution < 1.29 is 24.2 Å². The van der Waals surface area contributed by atoms with Gasteiger partial charge in [0, 0.05) is 5.92 Å². The van der Waals surface area contributed by atoms with Gasteiger partial charge in [0.1, 0.15) is 23.1 Å². The number of aromatic carboxylic acids is 1. The minimum atomic E-state index is -0.990. The fourth-order valence-electron chi connectivity index (χ4n) is 3.33. The molecule has 1 aliphatic heterocycles. The molecular weight excluding hydrogens is 368 g/mol. The van der Waals surface area contributed by atoms with E-state index in [9.17, 15) is 9.59 Å². The molecule has 2 aliphatic rings. The molecule has 0 saturated heterocycles. The van der Waals surface area contributed by atoms with E-state index >= 15 is 0 Å². The van der Waals surface area contributed by atoms with Crippen molar-refractivity contribution in [1.82, 2.24) is 10.3 Å². The second-order valence-electron chi connectivity index (χ2n) is 6.85. The van der Waals surface area contributed by atoms with Gasteiger partial charge in [-0.1, -0.05) is 6.07 Å². The van der Waals surface area contributed by atoms with Crippen LogP contribution in [-0.4, -0.2) is 35.2 Å². The Labute approximate surface area is 160 Å². The summed E-state index contributed by atoms with van der Waals surface area (Å²) in [5, 5.41) is 12.7. The van der Waals surface area contributed by atoms with Gasteiger partial charge < -0.3 is 19.9 Å². The molecular formula is C19H20N2O5S. The van der Waals surface area contributed by atoms with Gasteiger partial charge in [-0.15, -0.1) is 11.3 Å². The first-order valence-corrected chi connectivity index (χ1v) is 9.66. The van der Waals surface area contributed by atoms with Gasteiger partial charge in [0.05, 0.1) is 11.7 Å². The van der Waals surface area contributed by atoms with Crippen molar-refractivity contribution in [1.29, 1.82) is 0 Å². The summed E-state index contributed by atoms with van der Waals surface area (Å²) < 4.78 is 11.1. The molecule has 1 saturated carbocycles. The number of aryl methyl sites for hydroxylation is 1. The quantitative estimate of drug-likeness (QED) is 0.817. The highest BCUT2D eigenvalue weighted by Crippen LogP contribution is 2.49. The third-order valence-electron chi connectivity index (χ3n) is 4.86. The van der Waals surface area contributed by atoms with Crippen LogP contribution in [0.2, 0.25) is 0 Å².